The average molecular weight is 354 g/mol. The van der Waals surface area contributed by atoms with E-state index in [0.717, 1.165) is 11.0 Å². The summed E-state index contributed by atoms with van der Waals surface area (Å²) in [6, 6.07) is 3.67. The molecule has 0 spiro atoms. The van der Waals surface area contributed by atoms with E-state index < -0.39 is 0 Å². The number of hydrogen-bond acceptors (Lipinski definition) is 6. The van der Waals surface area contributed by atoms with Crippen molar-refractivity contribution in [2.24, 2.45) is 15.7 Å². The van der Waals surface area contributed by atoms with Gasteiger partial charge in [0.1, 0.15) is 5.69 Å². The molecule has 3 aromatic rings. The summed E-state index contributed by atoms with van der Waals surface area (Å²) in [7, 11) is 0. The number of rotatable bonds is 3. The molecule has 9 nitrogen and oxygen atoms in total. The first-order valence-corrected chi connectivity index (χ1v) is 8.14. The van der Waals surface area contributed by atoms with Crippen molar-refractivity contribution >= 4 is 29.4 Å². The van der Waals surface area contributed by atoms with Crippen LogP contribution >= 0.6 is 0 Å². The number of H-pyrrole nitrogens is 1. The molecule has 3 heterocycles. The average Bonchev–Trinajstić information content (AvgIpc) is 3.26. The molecular formula is C17H22N8O. The number of hydrogen-bond donors (Lipinski definition) is 2. The molecule has 0 saturated heterocycles. The van der Waals surface area contributed by atoms with Gasteiger partial charge in [-0.05, 0) is 38.3 Å². The summed E-state index contributed by atoms with van der Waals surface area (Å²) in [5.41, 5.74) is 9.07. The highest BCUT2D eigenvalue weighted by Gasteiger charge is 2.15. The summed E-state index contributed by atoms with van der Waals surface area (Å²) in [6.07, 6.45) is 0. The monoisotopic (exact) mass is 354 g/mol. The van der Waals surface area contributed by atoms with Crippen molar-refractivity contribution in [3.05, 3.63) is 29.3 Å². The van der Waals surface area contributed by atoms with Crippen molar-refractivity contribution in [3.8, 4) is 11.5 Å². The van der Waals surface area contributed by atoms with Crippen LogP contribution in [0.5, 0.6) is 0 Å². The van der Waals surface area contributed by atoms with E-state index in [4.69, 9.17) is 10.3 Å². The van der Waals surface area contributed by atoms with Gasteiger partial charge in [-0.2, -0.15) is 10.1 Å². The molecule has 0 bridgehead atoms. The molecule has 3 rings (SSSR count). The molecular weight excluding hydrogens is 332 g/mol. The number of pyridine rings is 1. The van der Waals surface area contributed by atoms with Gasteiger partial charge in [0.15, 0.2) is 5.65 Å². The number of guanidine groups is 1. The lowest BCUT2D eigenvalue weighted by atomic mass is 10.1. The van der Waals surface area contributed by atoms with Gasteiger partial charge < -0.3 is 10.3 Å². The number of aromatic nitrogens is 5. The highest BCUT2D eigenvalue weighted by Crippen LogP contribution is 2.27. The molecule has 0 fully saturated rings. The van der Waals surface area contributed by atoms with Gasteiger partial charge in [-0.15, -0.1) is 0 Å². The largest absolute Gasteiger partial charge is 0.368 e. The molecule has 0 unspecified atom stereocenters. The maximum Gasteiger partial charge on any atom is 0.223 e. The fraction of sp³-hybridized carbons (Fsp3) is 0.294. The number of aryl methyl sites for hydroxylation is 1. The minimum Gasteiger partial charge on any atom is -0.368 e. The molecule has 0 aliphatic carbocycles. The van der Waals surface area contributed by atoms with Crippen molar-refractivity contribution in [3.63, 3.8) is 0 Å². The molecule has 136 valence electrons. The van der Waals surface area contributed by atoms with Crippen LogP contribution in [0.25, 0.3) is 28.2 Å². The second-order valence-electron chi connectivity index (χ2n) is 5.28. The highest BCUT2D eigenvalue weighted by atomic mass is 16.5. The number of allylic oxidation sites excluding steroid dienone is 1. The van der Waals surface area contributed by atoms with E-state index in [2.05, 4.69) is 42.0 Å². The second kappa shape index (κ2) is 8.15. The first kappa shape index (κ1) is 19.0. The van der Waals surface area contributed by atoms with E-state index in [-0.39, 0.29) is 5.96 Å². The summed E-state index contributed by atoms with van der Waals surface area (Å²) < 4.78 is 4.98. The van der Waals surface area contributed by atoms with E-state index >= 15 is 0 Å². The molecule has 0 aliphatic heterocycles. The summed E-state index contributed by atoms with van der Waals surface area (Å²) in [6.45, 7) is 12.9. The van der Waals surface area contributed by atoms with Crippen molar-refractivity contribution in [1.82, 2.24) is 25.3 Å². The maximum atomic E-state index is 5.67. The van der Waals surface area contributed by atoms with Crippen molar-refractivity contribution in [2.75, 3.05) is 0 Å². The van der Waals surface area contributed by atoms with Gasteiger partial charge >= 0.3 is 0 Å². The molecule has 26 heavy (non-hydrogen) atoms. The zero-order valence-corrected chi connectivity index (χ0v) is 15.5. The summed E-state index contributed by atoms with van der Waals surface area (Å²) in [5.74, 6) is 0.975. The quantitative estimate of drug-likeness (QED) is 0.549. The topological polar surface area (TPSA) is 131 Å². The molecule has 0 atom stereocenters. The maximum absolute atomic E-state index is 5.67. The first-order valence-electron chi connectivity index (χ1n) is 8.14. The highest BCUT2D eigenvalue weighted by molar-refractivity contribution is 5.94. The molecule has 9 heteroatoms. The first-order chi connectivity index (χ1) is 12.5. The molecule has 0 amide bonds. The number of fused-ring (bicyclic) bond motifs is 1. The lowest BCUT2D eigenvalue weighted by Gasteiger charge is -2.03. The van der Waals surface area contributed by atoms with Crippen LogP contribution in [0.3, 0.4) is 0 Å². The predicted molar refractivity (Wildman–Crippen MR) is 103 cm³/mol. The lowest BCUT2D eigenvalue weighted by molar-refractivity contribution is 0.394. The Morgan fingerprint density at radius 1 is 1.23 bits per heavy atom. The standard InChI is InChI=1S/C15H16N8O.C2H6/c1-7(2)11(20-15(16)17-4)12-9-5-6-10(19-13(9)22-21-12)14-18-8(3)24-23-14;1-2/h5-6H,4H2,1-3H3,(H2,16,20)(H,19,21,22);1-2H3. The Hall–Kier alpha value is -3.36. The number of nitrogens with one attached hydrogen (secondary N) is 1. The van der Waals surface area contributed by atoms with Crippen LogP contribution in [0.15, 0.2) is 32.2 Å². The van der Waals surface area contributed by atoms with E-state index in [1.807, 2.05) is 33.8 Å². The van der Waals surface area contributed by atoms with Crippen LogP contribution in [0.4, 0.5) is 0 Å². The zero-order chi connectivity index (χ0) is 19.3. The number of aromatic amines is 1. The Labute approximate surface area is 151 Å². The van der Waals surface area contributed by atoms with E-state index in [1.165, 1.54) is 0 Å². The molecule has 3 aromatic heterocycles. The summed E-state index contributed by atoms with van der Waals surface area (Å²) >= 11 is 0. The van der Waals surface area contributed by atoms with Crippen molar-refractivity contribution in [2.45, 2.75) is 34.6 Å². The Bertz CT molecular complexity index is 976. The van der Waals surface area contributed by atoms with Crippen LogP contribution in [0, 0.1) is 6.92 Å². The number of aliphatic imine (C=N–C) groups is 2. The van der Waals surface area contributed by atoms with Gasteiger partial charge in [0.25, 0.3) is 0 Å². The second-order valence-corrected chi connectivity index (χ2v) is 5.28. The van der Waals surface area contributed by atoms with E-state index in [9.17, 15) is 0 Å². The van der Waals surface area contributed by atoms with Gasteiger partial charge in [0, 0.05) is 12.3 Å². The fourth-order valence-corrected chi connectivity index (χ4v) is 2.17. The van der Waals surface area contributed by atoms with Gasteiger partial charge in [0.2, 0.25) is 17.7 Å². The van der Waals surface area contributed by atoms with Crippen LogP contribution in [0.1, 0.15) is 39.3 Å². The Kier molecular flexibility index (Phi) is 5.94. The van der Waals surface area contributed by atoms with Gasteiger partial charge in [-0.25, -0.2) is 15.0 Å². The van der Waals surface area contributed by atoms with Gasteiger partial charge in [-0.1, -0.05) is 19.0 Å². The fourth-order valence-electron chi connectivity index (χ4n) is 2.17. The minimum absolute atomic E-state index is 0.0841. The van der Waals surface area contributed by atoms with Crippen LogP contribution < -0.4 is 5.73 Å². The smallest absolute Gasteiger partial charge is 0.223 e. The summed E-state index contributed by atoms with van der Waals surface area (Å²) in [5, 5.41) is 11.8. The molecule has 3 N–H and O–H groups in total. The van der Waals surface area contributed by atoms with E-state index in [1.54, 1.807) is 13.0 Å². The van der Waals surface area contributed by atoms with Crippen LogP contribution in [-0.2, 0) is 0 Å². The third kappa shape index (κ3) is 3.82. The third-order valence-electron chi connectivity index (χ3n) is 3.27. The zero-order valence-electron chi connectivity index (χ0n) is 15.5. The van der Waals surface area contributed by atoms with Crippen LogP contribution in [0.2, 0.25) is 0 Å². The number of nitrogens with zero attached hydrogens (tertiary/aromatic N) is 6. The molecule has 0 aromatic carbocycles. The minimum atomic E-state index is 0.0841. The Morgan fingerprint density at radius 2 is 1.96 bits per heavy atom. The lowest BCUT2D eigenvalue weighted by Crippen LogP contribution is -2.07. The van der Waals surface area contributed by atoms with Crippen molar-refractivity contribution in [1.29, 1.82) is 0 Å². The Balaban J connectivity index is 0.00000117. The van der Waals surface area contributed by atoms with E-state index in [0.29, 0.717) is 34.4 Å². The Morgan fingerprint density at radius 3 is 2.54 bits per heavy atom. The molecule has 0 saturated carbocycles. The van der Waals surface area contributed by atoms with Crippen LogP contribution in [-0.4, -0.2) is 38.0 Å². The SMILES string of the molecule is C=NC(N)=NC(=C(C)C)c1[nH]nc2nc(-c3noc(C)n3)ccc12.CC. The molecule has 0 radical (unpaired) electrons. The predicted octanol–water partition coefficient (Wildman–Crippen LogP) is 3.11. The third-order valence-corrected chi connectivity index (χ3v) is 3.27. The van der Waals surface area contributed by atoms with Gasteiger partial charge in [-0.3, -0.25) is 5.10 Å². The molecule has 0 aliphatic rings. The normalized spacial score (nSPS) is 11.0. The van der Waals surface area contributed by atoms with Gasteiger partial charge in [0.05, 0.1) is 11.4 Å². The number of nitrogens with two attached hydrogens (primary N) is 1. The van der Waals surface area contributed by atoms with Crippen molar-refractivity contribution < 1.29 is 4.52 Å². The summed E-state index contributed by atoms with van der Waals surface area (Å²) in [4.78, 5) is 16.5.